The summed E-state index contributed by atoms with van der Waals surface area (Å²) in [5.74, 6) is 0. The average Bonchev–Trinajstić information content (AvgIpc) is 3.75. The van der Waals surface area contributed by atoms with E-state index in [0.717, 1.165) is 22.7 Å². The third-order valence-electron chi connectivity index (χ3n) is 10.7. The summed E-state index contributed by atoms with van der Waals surface area (Å²) in [6.45, 7) is 0. The highest BCUT2D eigenvalue weighted by Gasteiger charge is 2.19. The number of benzene rings is 9. The summed E-state index contributed by atoms with van der Waals surface area (Å²) in [6.07, 6.45) is 0. The molecule has 0 saturated heterocycles. The summed E-state index contributed by atoms with van der Waals surface area (Å²) < 4.78 is 5.05. The molecule has 0 amide bonds. The lowest BCUT2D eigenvalue weighted by Crippen LogP contribution is -2.10. The molecule has 2 heterocycles. The monoisotopic (exact) mass is 692 g/mol. The largest absolute Gasteiger partial charge is 0.310 e. The minimum Gasteiger partial charge on any atom is -0.310 e. The average molecular weight is 693 g/mol. The molecule has 0 atom stereocenters. The maximum Gasteiger partial charge on any atom is 0.0547 e. The molecule has 9 aromatic carbocycles. The summed E-state index contributed by atoms with van der Waals surface area (Å²) in [6, 6.07) is 71.1. The van der Waals surface area contributed by atoms with Gasteiger partial charge in [-0.2, -0.15) is 0 Å². The number of fused-ring (bicyclic) bond motifs is 8. The van der Waals surface area contributed by atoms with Crippen molar-refractivity contribution in [1.82, 2.24) is 4.57 Å². The molecular weight excluding hydrogens is 661 g/mol. The predicted octanol–water partition coefficient (Wildman–Crippen LogP) is 14.6. The molecule has 0 aliphatic rings. The SMILES string of the molecule is c1ccc(-c2ccc(N(c3ccc4sc5ccccc5c4c3)c3cccc4cc(-n5c6ccccc6c6cc7ccccc7cc65)ccc34)cc2)cc1. The van der Waals surface area contributed by atoms with Gasteiger partial charge in [0.25, 0.3) is 0 Å². The van der Waals surface area contributed by atoms with Crippen LogP contribution in [0.4, 0.5) is 17.1 Å². The third-order valence-corrected chi connectivity index (χ3v) is 11.9. The van der Waals surface area contributed by atoms with Crippen molar-refractivity contribution in [1.29, 1.82) is 0 Å². The number of rotatable bonds is 5. The van der Waals surface area contributed by atoms with Crippen LogP contribution >= 0.6 is 11.3 Å². The quantitative estimate of drug-likeness (QED) is 0.174. The summed E-state index contributed by atoms with van der Waals surface area (Å²) in [5.41, 5.74) is 9.41. The number of nitrogens with zero attached hydrogens (tertiary/aromatic N) is 2. The van der Waals surface area contributed by atoms with Crippen LogP contribution in [0.2, 0.25) is 0 Å². The first-order valence-electron chi connectivity index (χ1n) is 18.1. The molecule has 11 rings (SSSR count). The Morgan fingerprint density at radius 1 is 0.358 bits per heavy atom. The lowest BCUT2D eigenvalue weighted by Gasteiger charge is -2.27. The first-order valence-corrected chi connectivity index (χ1v) is 18.9. The molecule has 0 radical (unpaired) electrons. The van der Waals surface area contributed by atoms with Gasteiger partial charge in [0, 0.05) is 53.4 Å². The normalized spacial score (nSPS) is 11.8. The number of para-hydroxylation sites is 1. The van der Waals surface area contributed by atoms with Gasteiger partial charge < -0.3 is 9.47 Å². The van der Waals surface area contributed by atoms with Crippen molar-refractivity contribution >= 4 is 91.9 Å². The molecule has 11 aromatic rings. The van der Waals surface area contributed by atoms with Crippen molar-refractivity contribution in [3.8, 4) is 16.8 Å². The van der Waals surface area contributed by atoms with E-state index in [-0.39, 0.29) is 0 Å². The molecule has 0 N–H and O–H groups in total. The van der Waals surface area contributed by atoms with Crippen molar-refractivity contribution in [2.24, 2.45) is 0 Å². The standard InChI is InChI=1S/C50H32N2S/c1-2-11-33(12-3-1)34-21-23-38(24-22-34)51(40-26-28-50-45(32-40)43-17-7-9-20-49(43)53-50)46-19-10-15-37-29-39(25-27-41(37)46)52-47-18-8-6-16-42(47)44-30-35-13-4-5-14-36(35)31-48(44)52/h1-32H. The Kier molecular flexibility index (Phi) is 6.76. The molecule has 2 nitrogen and oxygen atoms in total. The summed E-state index contributed by atoms with van der Waals surface area (Å²) in [5, 5.41) is 10.0. The van der Waals surface area contributed by atoms with Crippen LogP contribution in [0.25, 0.3) is 80.3 Å². The highest BCUT2D eigenvalue weighted by Crippen LogP contribution is 2.44. The molecule has 0 fully saturated rings. The van der Waals surface area contributed by atoms with Crippen molar-refractivity contribution < 1.29 is 0 Å². The van der Waals surface area contributed by atoms with Crippen molar-refractivity contribution in [3.63, 3.8) is 0 Å². The summed E-state index contributed by atoms with van der Waals surface area (Å²) >= 11 is 1.86. The van der Waals surface area contributed by atoms with E-state index < -0.39 is 0 Å². The van der Waals surface area contributed by atoms with E-state index in [1.165, 1.54) is 74.6 Å². The number of anilines is 3. The topological polar surface area (TPSA) is 8.17 Å². The molecule has 0 saturated carbocycles. The fourth-order valence-corrected chi connectivity index (χ4v) is 9.32. The van der Waals surface area contributed by atoms with Crippen LogP contribution < -0.4 is 4.90 Å². The maximum absolute atomic E-state index is 2.43. The number of thiophene rings is 1. The van der Waals surface area contributed by atoms with Crippen LogP contribution in [0.15, 0.2) is 194 Å². The van der Waals surface area contributed by atoms with Gasteiger partial charge in [-0.15, -0.1) is 11.3 Å². The molecule has 3 heteroatoms. The van der Waals surface area contributed by atoms with Gasteiger partial charge in [-0.05, 0) is 100 Å². The van der Waals surface area contributed by atoms with E-state index in [0.29, 0.717) is 0 Å². The Morgan fingerprint density at radius 2 is 1.04 bits per heavy atom. The molecule has 248 valence electrons. The van der Waals surface area contributed by atoms with Gasteiger partial charge in [0.15, 0.2) is 0 Å². The van der Waals surface area contributed by atoms with E-state index in [1.807, 2.05) is 11.3 Å². The van der Waals surface area contributed by atoms with E-state index in [4.69, 9.17) is 0 Å². The van der Waals surface area contributed by atoms with Crippen LogP contribution in [0.1, 0.15) is 0 Å². The molecule has 0 aliphatic heterocycles. The Bertz CT molecular complexity index is 3170. The molecule has 53 heavy (non-hydrogen) atoms. The van der Waals surface area contributed by atoms with E-state index in [2.05, 4.69) is 204 Å². The zero-order valence-corrected chi connectivity index (χ0v) is 29.6. The van der Waals surface area contributed by atoms with Gasteiger partial charge in [0.1, 0.15) is 0 Å². The molecule has 0 spiro atoms. The van der Waals surface area contributed by atoms with Crippen molar-refractivity contribution in [3.05, 3.63) is 194 Å². The lowest BCUT2D eigenvalue weighted by molar-refractivity contribution is 1.19. The maximum atomic E-state index is 2.43. The molecule has 2 aromatic heterocycles. The van der Waals surface area contributed by atoms with E-state index in [1.54, 1.807) is 0 Å². The fourth-order valence-electron chi connectivity index (χ4n) is 8.24. The van der Waals surface area contributed by atoms with Gasteiger partial charge in [0.2, 0.25) is 0 Å². The summed E-state index contributed by atoms with van der Waals surface area (Å²) in [4.78, 5) is 2.43. The highest BCUT2D eigenvalue weighted by molar-refractivity contribution is 7.25. The molecule has 0 aliphatic carbocycles. The minimum atomic E-state index is 1.12. The first-order chi connectivity index (χ1) is 26.3. The molecular formula is C50H32N2S. The Labute approximate surface area is 311 Å². The Morgan fingerprint density at radius 3 is 1.91 bits per heavy atom. The number of aromatic nitrogens is 1. The Balaban J connectivity index is 1.11. The van der Waals surface area contributed by atoms with Crippen molar-refractivity contribution in [2.75, 3.05) is 4.90 Å². The van der Waals surface area contributed by atoms with Crippen LogP contribution in [0, 0.1) is 0 Å². The van der Waals surface area contributed by atoms with Crippen LogP contribution in [-0.4, -0.2) is 4.57 Å². The number of hydrogen-bond donors (Lipinski definition) is 0. The zero-order valence-electron chi connectivity index (χ0n) is 28.8. The predicted molar refractivity (Wildman–Crippen MR) is 229 cm³/mol. The first kappa shape index (κ1) is 30.0. The van der Waals surface area contributed by atoms with Crippen molar-refractivity contribution in [2.45, 2.75) is 0 Å². The van der Waals surface area contributed by atoms with Gasteiger partial charge >= 0.3 is 0 Å². The molecule has 0 bridgehead atoms. The van der Waals surface area contributed by atoms with Gasteiger partial charge in [-0.1, -0.05) is 121 Å². The van der Waals surface area contributed by atoms with Gasteiger partial charge in [-0.25, -0.2) is 0 Å². The fraction of sp³-hybridized carbons (Fsp3) is 0. The van der Waals surface area contributed by atoms with Crippen LogP contribution in [0.3, 0.4) is 0 Å². The highest BCUT2D eigenvalue weighted by atomic mass is 32.1. The second kappa shape index (κ2) is 11.9. The smallest absolute Gasteiger partial charge is 0.0547 e. The third kappa shape index (κ3) is 4.86. The second-order valence-electron chi connectivity index (χ2n) is 13.8. The zero-order chi connectivity index (χ0) is 34.9. The van der Waals surface area contributed by atoms with E-state index in [9.17, 15) is 0 Å². The number of hydrogen-bond acceptors (Lipinski definition) is 2. The van der Waals surface area contributed by atoms with Crippen LogP contribution in [-0.2, 0) is 0 Å². The second-order valence-corrected chi connectivity index (χ2v) is 14.9. The minimum absolute atomic E-state index is 1.12. The Hall–Kier alpha value is -6.68. The summed E-state index contributed by atoms with van der Waals surface area (Å²) in [7, 11) is 0. The van der Waals surface area contributed by atoms with Crippen LogP contribution in [0.5, 0.6) is 0 Å². The lowest BCUT2D eigenvalue weighted by atomic mass is 10.0. The van der Waals surface area contributed by atoms with Gasteiger partial charge in [-0.3, -0.25) is 0 Å². The molecule has 0 unspecified atom stereocenters. The van der Waals surface area contributed by atoms with Gasteiger partial charge in [0.05, 0.1) is 16.7 Å². The van der Waals surface area contributed by atoms with E-state index >= 15 is 0 Å².